The summed E-state index contributed by atoms with van der Waals surface area (Å²) in [5, 5.41) is 9.08. The van der Waals surface area contributed by atoms with Crippen LogP contribution < -0.4 is 0 Å². The molecule has 0 aliphatic carbocycles. The number of rotatable bonds is 4. The second-order valence-corrected chi connectivity index (χ2v) is 5.61. The van der Waals surface area contributed by atoms with Crippen LogP contribution in [0.1, 0.15) is 40.5 Å². The van der Waals surface area contributed by atoms with Crippen molar-refractivity contribution in [3.8, 4) is 0 Å². The van der Waals surface area contributed by atoms with Gasteiger partial charge in [-0.1, -0.05) is 27.7 Å². The van der Waals surface area contributed by atoms with Gasteiger partial charge in [-0.15, -0.1) is 0 Å². The van der Waals surface area contributed by atoms with Crippen LogP contribution in [0.5, 0.6) is 0 Å². The molecule has 1 rings (SSSR count). The first-order valence-electron chi connectivity index (χ1n) is 5.81. The lowest BCUT2D eigenvalue weighted by Gasteiger charge is -2.35. The topological polar surface area (TPSA) is 40.5 Å². The summed E-state index contributed by atoms with van der Waals surface area (Å²) in [6.07, 6.45) is 1.83. The van der Waals surface area contributed by atoms with E-state index in [2.05, 4.69) is 32.6 Å². The molecule has 3 nitrogen and oxygen atoms in total. The molecule has 0 aromatic heterocycles. The zero-order valence-corrected chi connectivity index (χ0v) is 10.3. The van der Waals surface area contributed by atoms with Crippen molar-refractivity contribution in [3.63, 3.8) is 0 Å². The van der Waals surface area contributed by atoms with Gasteiger partial charge in [-0.3, -0.25) is 9.69 Å². The van der Waals surface area contributed by atoms with Gasteiger partial charge in [0.1, 0.15) is 6.04 Å². The summed E-state index contributed by atoms with van der Waals surface area (Å²) >= 11 is 0. The van der Waals surface area contributed by atoms with E-state index in [-0.39, 0.29) is 11.5 Å². The quantitative estimate of drug-likeness (QED) is 0.778. The fourth-order valence-electron chi connectivity index (χ4n) is 2.00. The van der Waals surface area contributed by atoms with E-state index in [1.54, 1.807) is 0 Å². The lowest BCUT2D eigenvalue weighted by Crippen LogP contribution is -2.43. The second kappa shape index (κ2) is 4.52. The van der Waals surface area contributed by atoms with Gasteiger partial charge in [0.25, 0.3) is 0 Å². The number of likely N-dealkylation sites (tertiary alicyclic amines) is 1. The summed E-state index contributed by atoms with van der Waals surface area (Å²) in [7, 11) is 0. The van der Waals surface area contributed by atoms with Crippen LogP contribution in [0.25, 0.3) is 0 Å². The predicted molar refractivity (Wildman–Crippen MR) is 60.8 cm³/mol. The Labute approximate surface area is 92.5 Å². The molecular formula is C12H23NO2. The maximum atomic E-state index is 11.0. The monoisotopic (exact) mass is 213 g/mol. The minimum atomic E-state index is -0.660. The van der Waals surface area contributed by atoms with Gasteiger partial charge in [-0.25, -0.2) is 0 Å². The Hall–Kier alpha value is -0.570. The Kier molecular flexibility index (Phi) is 3.77. The largest absolute Gasteiger partial charge is 0.480 e. The van der Waals surface area contributed by atoms with E-state index in [0.29, 0.717) is 5.92 Å². The number of aliphatic carboxylic acids is 1. The molecule has 1 fully saturated rings. The van der Waals surface area contributed by atoms with Gasteiger partial charge in [0.15, 0.2) is 0 Å². The zero-order valence-electron chi connectivity index (χ0n) is 10.3. The van der Waals surface area contributed by atoms with Crippen molar-refractivity contribution >= 4 is 5.97 Å². The highest BCUT2D eigenvalue weighted by atomic mass is 16.4. The molecule has 1 heterocycles. The fraction of sp³-hybridized carbons (Fsp3) is 0.917. The van der Waals surface area contributed by atoms with Crippen LogP contribution in [0.2, 0.25) is 0 Å². The maximum Gasteiger partial charge on any atom is 0.320 e. The average Bonchev–Trinajstić information content (AvgIpc) is 2.51. The van der Waals surface area contributed by atoms with E-state index in [4.69, 9.17) is 5.11 Å². The Balaban J connectivity index is 2.61. The SMILES string of the molecule is CC(C)C(C)(C)CN1CCCC1C(=O)O. The molecule has 0 radical (unpaired) electrons. The van der Waals surface area contributed by atoms with Crippen LogP contribution >= 0.6 is 0 Å². The molecule has 15 heavy (non-hydrogen) atoms. The molecule has 1 unspecified atom stereocenters. The molecule has 1 aliphatic rings. The summed E-state index contributed by atoms with van der Waals surface area (Å²) in [5.74, 6) is -0.0837. The normalized spacial score (nSPS) is 23.7. The number of nitrogens with zero attached hydrogens (tertiary/aromatic N) is 1. The van der Waals surface area contributed by atoms with Crippen molar-refractivity contribution in [2.45, 2.75) is 46.6 Å². The Bertz CT molecular complexity index is 236. The van der Waals surface area contributed by atoms with Crippen LogP contribution in [0.15, 0.2) is 0 Å². The van der Waals surface area contributed by atoms with Crippen LogP contribution in [-0.4, -0.2) is 35.1 Å². The third-order valence-corrected chi connectivity index (χ3v) is 3.82. The summed E-state index contributed by atoms with van der Waals surface area (Å²) in [4.78, 5) is 13.2. The second-order valence-electron chi connectivity index (χ2n) is 5.61. The lowest BCUT2D eigenvalue weighted by atomic mass is 9.80. The fourth-order valence-corrected chi connectivity index (χ4v) is 2.00. The first-order valence-corrected chi connectivity index (χ1v) is 5.81. The van der Waals surface area contributed by atoms with E-state index in [9.17, 15) is 4.79 Å². The number of hydrogen-bond donors (Lipinski definition) is 1. The average molecular weight is 213 g/mol. The van der Waals surface area contributed by atoms with E-state index in [1.807, 2.05) is 0 Å². The van der Waals surface area contributed by atoms with Crippen LogP contribution in [0, 0.1) is 11.3 Å². The van der Waals surface area contributed by atoms with E-state index in [1.165, 1.54) is 0 Å². The third-order valence-electron chi connectivity index (χ3n) is 3.82. The molecular weight excluding hydrogens is 190 g/mol. The molecule has 0 aromatic rings. The molecule has 1 N–H and O–H groups in total. The van der Waals surface area contributed by atoms with Crippen molar-refractivity contribution in [2.24, 2.45) is 11.3 Å². The van der Waals surface area contributed by atoms with Gasteiger partial charge in [-0.05, 0) is 30.7 Å². The smallest absolute Gasteiger partial charge is 0.320 e. The van der Waals surface area contributed by atoms with Gasteiger partial charge in [0, 0.05) is 6.54 Å². The third kappa shape index (κ3) is 2.94. The van der Waals surface area contributed by atoms with Crippen molar-refractivity contribution in [1.82, 2.24) is 4.90 Å². The van der Waals surface area contributed by atoms with Gasteiger partial charge < -0.3 is 5.11 Å². The summed E-state index contributed by atoms with van der Waals surface area (Å²) in [6, 6.07) is -0.247. The molecule has 0 spiro atoms. The molecule has 1 saturated heterocycles. The Morgan fingerprint density at radius 2 is 2.13 bits per heavy atom. The van der Waals surface area contributed by atoms with Crippen molar-refractivity contribution in [1.29, 1.82) is 0 Å². The number of carboxylic acid groups (broad SMARTS) is 1. The molecule has 1 atom stereocenters. The molecule has 0 bridgehead atoms. The van der Waals surface area contributed by atoms with Gasteiger partial charge in [0.05, 0.1) is 0 Å². The number of hydrogen-bond acceptors (Lipinski definition) is 2. The summed E-state index contributed by atoms with van der Waals surface area (Å²) < 4.78 is 0. The summed E-state index contributed by atoms with van der Waals surface area (Å²) in [5.41, 5.74) is 0.192. The molecule has 3 heteroatoms. The number of carbonyl (C=O) groups is 1. The summed E-state index contributed by atoms with van der Waals surface area (Å²) in [6.45, 7) is 10.7. The molecule has 1 aliphatic heterocycles. The maximum absolute atomic E-state index is 11.0. The zero-order chi connectivity index (χ0) is 11.6. The minimum Gasteiger partial charge on any atom is -0.480 e. The van der Waals surface area contributed by atoms with E-state index in [0.717, 1.165) is 25.9 Å². The molecule has 88 valence electrons. The lowest BCUT2D eigenvalue weighted by molar-refractivity contribution is -0.142. The highest BCUT2D eigenvalue weighted by molar-refractivity contribution is 5.73. The van der Waals surface area contributed by atoms with Gasteiger partial charge >= 0.3 is 5.97 Å². The van der Waals surface area contributed by atoms with Crippen molar-refractivity contribution in [3.05, 3.63) is 0 Å². The number of carboxylic acids is 1. The van der Waals surface area contributed by atoms with Crippen molar-refractivity contribution in [2.75, 3.05) is 13.1 Å². The molecule has 0 amide bonds. The molecule has 0 aromatic carbocycles. The highest BCUT2D eigenvalue weighted by Gasteiger charge is 2.35. The highest BCUT2D eigenvalue weighted by Crippen LogP contribution is 2.30. The standard InChI is InChI=1S/C12H23NO2/c1-9(2)12(3,4)8-13-7-5-6-10(13)11(14)15/h9-10H,5-8H2,1-4H3,(H,14,15). The Morgan fingerprint density at radius 3 is 2.60 bits per heavy atom. The van der Waals surface area contributed by atoms with Crippen LogP contribution in [0.4, 0.5) is 0 Å². The first kappa shape index (κ1) is 12.5. The molecule has 0 saturated carbocycles. The van der Waals surface area contributed by atoms with Gasteiger partial charge in [-0.2, -0.15) is 0 Å². The van der Waals surface area contributed by atoms with E-state index < -0.39 is 5.97 Å². The van der Waals surface area contributed by atoms with Gasteiger partial charge in [0.2, 0.25) is 0 Å². The van der Waals surface area contributed by atoms with Crippen LogP contribution in [-0.2, 0) is 4.79 Å². The first-order chi connectivity index (χ1) is 6.84. The van der Waals surface area contributed by atoms with Crippen molar-refractivity contribution < 1.29 is 9.90 Å². The van der Waals surface area contributed by atoms with E-state index >= 15 is 0 Å². The van der Waals surface area contributed by atoms with Crippen LogP contribution in [0.3, 0.4) is 0 Å². The predicted octanol–water partition coefficient (Wildman–Crippen LogP) is 2.22. The minimum absolute atomic E-state index is 0.192. The Morgan fingerprint density at radius 1 is 1.53 bits per heavy atom.